The zero-order chi connectivity index (χ0) is 13.0. The molecule has 0 spiro atoms. The van der Waals surface area contributed by atoms with Crippen LogP contribution in [0.4, 0.5) is 0 Å². The summed E-state index contributed by atoms with van der Waals surface area (Å²) in [6, 6.07) is 9.86. The molecule has 1 aliphatic heterocycles. The van der Waals surface area contributed by atoms with Gasteiger partial charge in [-0.15, -0.1) is 0 Å². The fourth-order valence-corrected chi connectivity index (χ4v) is 3.02. The van der Waals surface area contributed by atoms with Crippen LogP contribution in [-0.2, 0) is 4.79 Å². The summed E-state index contributed by atoms with van der Waals surface area (Å²) >= 11 is 6.65. The van der Waals surface area contributed by atoms with E-state index in [0.717, 1.165) is 29.9 Å². The Morgan fingerprint density at radius 1 is 1.33 bits per heavy atom. The zero-order valence-corrected chi connectivity index (χ0v) is 11.9. The van der Waals surface area contributed by atoms with Gasteiger partial charge in [-0.05, 0) is 18.1 Å². The highest BCUT2D eigenvalue weighted by Gasteiger charge is 2.31. The van der Waals surface area contributed by atoms with Crippen LogP contribution in [0.15, 0.2) is 35.2 Å². The van der Waals surface area contributed by atoms with E-state index in [2.05, 4.69) is 6.92 Å². The Kier molecular flexibility index (Phi) is 4.55. The number of thioether (sulfide) groups is 1. The highest BCUT2D eigenvalue weighted by molar-refractivity contribution is 8.26. The summed E-state index contributed by atoms with van der Waals surface area (Å²) in [4.78, 5) is 14.6. The lowest BCUT2D eigenvalue weighted by Gasteiger charge is -2.12. The number of hydrogen-bond donors (Lipinski definition) is 0. The van der Waals surface area contributed by atoms with E-state index in [1.54, 1.807) is 4.90 Å². The van der Waals surface area contributed by atoms with Crippen LogP contribution in [-0.4, -0.2) is 21.7 Å². The number of carbonyl (C=O) groups is 1. The van der Waals surface area contributed by atoms with Crippen LogP contribution in [0.25, 0.3) is 6.08 Å². The SMILES string of the molecule is CCCCN1C(=O)/C(=C\c2ccccc2)SC1=S. The molecular weight excluding hydrogens is 262 g/mol. The number of rotatable bonds is 4. The maximum absolute atomic E-state index is 12.2. The standard InChI is InChI=1S/C14H15NOS2/c1-2-3-9-15-13(16)12(18-14(15)17)10-11-7-5-4-6-8-11/h4-8,10H,2-3,9H2,1H3/b12-10+. The highest BCUT2D eigenvalue weighted by atomic mass is 32.2. The summed E-state index contributed by atoms with van der Waals surface area (Å²) < 4.78 is 0.677. The van der Waals surface area contributed by atoms with E-state index in [9.17, 15) is 4.79 Å². The first-order valence-corrected chi connectivity index (χ1v) is 7.25. The molecule has 0 atom stereocenters. The van der Waals surface area contributed by atoms with Gasteiger partial charge in [-0.3, -0.25) is 9.69 Å². The summed E-state index contributed by atoms with van der Waals surface area (Å²) in [5.74, 6) is 0.0438. The van der Waals surface area contributed by atoms with Gasteiger partial charge < -0.3 is 0 Å². The summed E-state index contributed by atoms with van der Waals surface area (Å²) in [5.41, 5.74) is 1.04. The first kappa shape index (κ1) is 13.3. The van der Waals surface area contributed by atoms with E-state index >= 15 is 0 Å². The minimum Gasteiger partial charge on any atom is -0.293 e. The van der Waals surface area contributed by atoms with E-state index in [-0.39, 0.29) is 5.91 Å². The molecule has 0 radical (unpaired) electrons. The Bertz CT molecular complexity index is 482. The van der Waals surface area contributed by atoms with Crippen molar-refractivity contribution in [1.82, 2.24) is 4.90 Å². The third-order valence-electron chi connectivity index (χ3n) is 2.71. The molecule has 0 bridgehead atoms. The van der Waals surface area contributed by atoms with Crippen molar-refractivity contribution < 1.29 is 4.79 Å². The van der Waals surface area contributed by atoms with E-state index in [4.69, 9.17) is 12.2 Å². The number of unbranched alkanes of at least 4 members (excludes halogenated alkanes) is 1. The lowest BCUT2D eigenvalue weighted by Crippen LogP contribution is -2.28. The van der Waals surface area contributed by atoms with Gasteiger partial charge in [0.2, 0.25) is 0 Å². The molecule has 1 heterocycles. The summed E-state index contributed by atoms with van der Waals surface area (Å²) in [7, 11) is 0. The molecule has 1 saturated heterocycles. The van der Waals surface area contributed by atoms with E-state index < -0.39 is 0 Å². The minimum atomic E-state index is 0.0438. The molecule has 18 heavy (non-hydrogen) atoms. The topological polar surface area (TPSA) is 20.3 Å². The van der Waals surface area contributed by atoms with Crippen LogP contribution in [0.1, 0.15) is 25.3 Å². The van der Waals surface area contributed by atoms with E-state index in [0.29, 0.717) is 4.32 Å². The van der Waals surface area contributed by atoms with Crippen LogP contribution in [0, 0.1) is 0 Å². The predicted octanol–water partition coefficient (Wildman–Crippen LogP) is 3.69. The Hall–Kier alpha value is -1.13. The smallest absolute Gasteiger partial charge is 0.266 e. The Morgan fingerprint density at radius 3 is 2.72 bits per heavy atom. The second-order valence-corrected chi connectivity index (χ2v) is 5.77. The zero-order valence-electron chi connectivity index (χ0n) is 10.3. The van der Waals surface area contributed by atoms with Gasteiger partial charge in [-0.1, -0.05) is 67.7 Å². The number of thiocarbonyl (C=S) groups is 1. The first-order chi connectivity index (χ1) is 8.72. The molecule has 1 fully saturated rings. The monoisotopic (exact) mass is 277 g/mol. The molecule has 1 aromatic rings. The van der Waals surface area contributed by atoms with Crippen molar-refractivity contribution >= 4 is 40.3 Å². The Balaban J connectivity index is 2.15. The van der Waals surface area contributed by atoms with Crippen molar-refractivity contribution in [2.75, 3.05) is 6.54 Å². The molecule has 1 aliphatic rings. The maximum Gasteiger partial charge on any atom is 0.266 e. The molecule has 1 amide bonds. The number of amides is 1. The van der Waals surface area contributed by atoms with Gasteiger partial charge in [0.25, 0.3) is 5.91 Å². The number of nitrogens with zero attached hydrogens (tertiary/aromatic N) is 1. The van der Waals surface area contributed by atoms with E-state index in [1.165, 1.54) is 11.8 Å². The third kappa shape index (κ3) is 3.00. The molecule has 4 heteroatoms. The second-order valence-electron chi connectivity index (χ2n) is 4.10. The van der Waals surface area contributed by atoms with Crippen LogP contribution < -0.4 is 0 Å². The first-order valence-electron chi connectivity index (χ1n) is 6.03. The molecule has 0 unspecified atom stereocenters. The van der Waals surface area contributed by atoms with Crippen molar-refractivity contribution in [3.63, 3.8) is 0 Å². The fraction of sp³-hybridized carbons (Fsp3) is 0.286. The van der Waals surface area contributed by atoms with Gasteiger partial charge in [0.05, 0.1) is 4.91 Å². The van der Waals surface area contributed by atoms with Gasteiger partial charge in [0.1, 0.15) is 4.32 Å². The molecule has 0 saturated carbocycles. The van der Waals surface area contributed by atoms with Gasteiger partial charge in [-0.25, -0.2) is 0 Å². The highest BCUT2D eigenvalue weighted by Crippen LogP contribution is 2.32. The number of benzene rings is 1. The molecule has 2 rings (SSSR count). The van der Waals surface area contributed by atoms with Crippen LogP contribution in [0.5, 0.6) is 0 Å². The van der Waals surface area contributed by atoms with E-state index in [1.807, 2.05) is 36.4 Å². The van der Waals surface area contributed by atoms with Crippen molar-refractivity contribution in [1.29, 1.82) is 0 Å². The lowest BCUT2D eigenvalue weighted by atomic mass is 10.2. The summed E-state index contributed by atoms with van der Waals surface area (Å²) in [6.45, 7) is 2.84. The van der Waals surface area contributed by atoms with Crippen molar-refractivity contribution in [3.8, 4) is 0 Å². The molecule has 2 nitrogen and oxygen atoms in total. The fourth-order valence-electron chi connectivity index (χ4n) is 1.71. The van der Waals surface area contributed by atoms with Crippen molar-refractivity contribution in [2.45, 2.75) is 19.8 Å². The average Bonchev–Trinajstić information content (AvgIpc) is 2.64. The molecular formula is C14H15NOS2. The molecule has 0 aliphatic carbocycles. The average molecular weight is 277 g/mol. The van der Waals surface area contributed by atoms with Gasteiger partial charge in [-0.2, -0.15) is 0 Å². The van der Waals surface area contributed by atoms with Crippen LogP contribution >= 0.6 is 24.0 Å². The molecule has 0 N–H and O–H groups in total. The van der Waals surface area contributed by atoms with Gasteiger partial charge in [0.15, 0.2) is 0 Å². The lowest BCUT2D eigenvalue weighted by molar-refractivity contribution is -0.122. The Morgan fingerprint density at radius 2 is 2.06 bits per heavy atom. The maximum atomic E-state index is 12.2. The van der Waals surface area contributed by atoms with Crippen LogP contribution in [0.2, 0.25) is 0 Å². The minimum absolute atomic E-state index is 0.0438. The predicted molar refractivity (Wildman–Crippen MR) is 81.2 cm³/mol. The molecule has 1 aromatic carbocycles. The van der Waals surface area contributed by atoms with Gasteiger partial charge in [0, 0.05) is 6.54 Å². The van der Waals surface area contributed by atoms with Gasteiger partial charge >= 0.3 is 0 Å². The molecule has 0 aromatic heterocycles. The summed E-state index contributed by atoms with van der Waals surface area (Å²) in [5, 5.41) is 0. The number of carbonyl (C=O) groups excluding carboxylic acids is 1. The van der Waals surface area contributed by atoms with Crippen molar-refractivity contribution in [3.05, 3.63) is 40.8 Å². The van der Waals surface area contributed by atoms with Crippen LogP contribution in [0.3, 0.4) is 0 Å². The summed E-state index contributed by atoms with van der Waals surface area (Å²) in [6.07, 6.45) is 3.96. The number of hydrogen-bond acceptors (Lipinski definition) is 3. The Labute approximate surface area is 117 Å². The third-order valence-corrected chi connectivity index (χ3v) is 4.08. The normalized spacial score (nSPS) is 17.8. The quantitative estimate of drug-likeness (QED) is 0.618. The largest absolute Gasteiger partial charge is 0.293 e. The van der Waals surface area contributed by atoms with Crippen molar-refractivity contribution in [2.24, 2.45) is 0 Å². The molecule has 94 valence electrons. The second kappa shape index (κ2) is 6.16.